The second-order valence-electron chi connectivity index (χ2n) is 1.11. The Balaban J connectivity index is -0.0000000180. The number of rotatable bonds is 3. The summed E-state index contributed by atoms with van der Waals surface area (Å²) in [5, 5.41) is 0. The van der Waals surface area contributed by atoms with Gasteiger partial charge in [-0.3, -0.25) is 0 Å². The van der Waals surface area contributed by atoms with Crippen LogP contribution in [0.25, 0.3) is 0 Å². The van der Waals surface area contributed by atoms with E-state index in [-0.39, 0.29) is 105 Å². The molecule has 4 radical (unpaired) electrons. The van der Waals surface area contributed by atoms with E-state index in [9.17, 15) is 0 Å². The van der Waals surface area contributed by atoms with Gasteiger partial charge in [-0.05, 0) is 6.55 Å². The predicted molar refractivity (Wildman–Crippen MR) is 33.2 cm³/mol. The summed E-state index contributed by atoms with van der Waals surface area (Å²) in [5.74, 6) is 0. The summed E-state index contributed by atoms with van der Waals surface area (Å²) in [6.07, 6.45) is 0. The first-order valence-electron chi connectivity index (χ1n) is 2.16. The van der Waals surface area contributed by atoms with Crippen LogP contribution in [0.1, 0.15) is 6.92 Å². The van der Waals surface area contributed by atoms with Gasteiger partial charge in [0.25, 0.3) is 0 Å². The third kappa shape index (κ3) is 29.2. The zero-order valence-corrected chi connectivity index (χ0v) is 23.6. The monoisotopic (exact) mass is 1050 g/mol. The van der Waals surface area contributed by atoms with Crippen LogP contribution in [-0.2, 0) is 110 Å². The van der Waals surface area contributed by atoms with Gasteiger partial charge < -0.3 is 4.43 Å². The zero-order chi connectivity index (χ0) is 5.70. The van der Waals surface area contributed by atoms with Crippen molar-refractivity contribution in [1.82, 2.24) is 0 Å². The van der Waals surface area contributed by atoms with E-state index in [1.165, 1.54) is 5.73 Å². The minimum absolute atomic E-state index is 0. The third-order valence-electron chi connectivity index (χ3n) is 0.607. The van der Waals surface area contributed by atoms with Crippen LogP contribution in [0.5, 0.6) is 0 Å². The minimum Gasteiger partial charge on any atom is -0.593 e. The van der Waals surface area contributed by atoms with Crippen LogP contribution in [0.15, 0.2) is 0 Å². The molecule has 70 valence electrons. The SMILES string of the molecule is C[Si]O[C-](C)[Si]C.[W].[W].[W].[W].[W]. The molecule has 0 aliphatic heterocycles. The molecule has 0 amide bonds. The molecule has 0 bridgehead atoms. The Hall–Kier alpha value is 3.84. The Labute approximate surface area is 152 Å². The standard InChI is InChI=1S/C4H9OSi2.5W/c1-4(6-2)5-7-3;;;;;/h1-3H3;;;;;/q-1;;;;;. The first-order chi connectivity index (χ1) is 3.31. The average molecular weight is 1050 g/mol. The normalized spacial score (nSPS) is 6.00. The molecular weight excluding hydrogens is 1040 g/mol. The third-order valence-corrected chi connectivity index (χ3v) is 2.13. The van der Waals surface area contributed by atoms with Gasteiger partial charge in [0.1, 0.15) is 0 Å². The second kappa shape index (κ2) is 29.4. The Morgan fingerprint density at radius 1 is 0.917 bits per heavy atom. The maximum absolute atomic E-state index is 5.15. The maximum atomic E-state index is 5.15. The van der Waals surface area contributed by atoms with E-state index in [0.29, 0.717) is 9.76 Å². The molecule has 1 nitrogen and oxygen atoms in total. The van der Waals surface area contributed by atoms with Crippen molar-refractivity contribution in [3.63, 3.8) is 0 Å². The van der Waals surface area contributed by atoms with E-state index in [1.807, 2.05) is 13.5 Å². The fourth-order valence-corrected chi connectivity index (χ4v) is 1.22. The predicted octanol–water partition coefficient (Wildman–Crippen LogP) is 0.919. The first kappa shape index (κ1) is 36.0. The van der Waals surface area contributed by atoms with Gasteiger partial charge in [-0.25, -0.2) is 5.73 Å². The molecule has 0 heterocycles. The Morgan fingerprint density at radius 3 is 1.33 bits per heavy atom. The molecular formula is C4H9OSi2W5-. The van der Waals surface area contributed by atoms with Crippen LogP contribution in [-0.4, -0.2) is 19.3 Å². The zero-order valence-electron chi connectivity index (χ0n) is 6.95. The Kier molecular flexibility index (Phi) is 88.1. The molecule has 8 heteroatoms. The van der Waals surface area contributed by atoms with E-state index in [2.05, 4.69) is 6.55 Å². The molecule has 0 aromatic rings. The van der Waals surface area contributed by atoms with Gasteiger partial charge in [0, 0.05) is 105 Å². The average Bonchev–Trinajstić information content (AvgIpc) is 1.68. The van der Waals surface area contributed by atoms with E-state index >= 15 is 0 Å². The van der Waals surface area contributed by atoms with Gasteiger partial charge >= 0.3 is 0 Å². The van der Waals surface area contributed by atoms with Crippen molar-refractivity contribution in [2.75, 3.05) is 0 Å². The fourth-order valence-electron chi connectivity index (χ4n) is 0.204. The van der Waals surface area contributed by atoms with Gasteiger partial charge in [-0.2, -0.15) is 6.92 Å². The molecule has 0 rings (SSSR count). The number of hydrogen-bond donors (Lipinski definition) is 0. The maximum Gasteiger partial charge on any atom is 0.188 e. The van der Waals surface area contributed by atoms with E-state index in [1.54, 1.807) is 0 Å². The van der Waals surface area contributed by atoms with Gasteiger partial charge in [-0.1, -0.05) is 0 Å². The van der Waals surface area contributed by atoms with Gasteiger partial charge in [-0.15, -0.1) is 16.1 Å². The smallest absolute Gasteiger partial charge is 0.188 e. The van der Waals surface area contributed by atoms with Crippen molar-refractivity contribution in [2.45, 2.75) is 20.0 Å². The summed E-state index contributed by atoms with van der Waals surface area (Å²) < 4.78 is 5.15. The molecule has 0 aromatic carbocycles. The summed E-state index contributed by atoms with van der Waals surface area (Å²) in [6.45, 7) is 6.17. The molecule has 0 fully saturated rings. The van der Waals surface area contributed by atoms with Gasteiger partial charge in [0.2, 0.25) is 0 Å². The van der Waals surface area contributed by atoms with Crippen molar-refractivity contribution >= 4 is 19.3 Å². The fraction of sp³-hybridized carbons (Fsp3) is 0.750. The van der Waals surface area contributed by atoms with Crippen molar-refractivity contribution in [2.24, 2.45) is 0 Å². The topological polar surface area (TPSA) is 9.23 Å². The van der Waals surface area contributed by atoms with Crippen molar-refractivity contribution < 1.29 is 110 Å². The molecule has 0 aromatic heterocycles. The molecule has 0 unspecified atom stereocenters. The molecule has 0 N–H and O–H groups in total. The molecule has 0 saturated heterocycles. The molecule has 0 atom stereocenters. The van der Waals surface area contributed by atoms with Crippen LogP contribution in [0.4, 0.5) is 0 Å². The van der Waals surface area contributed by atoms with Gasteiger partial charge in [0.05, 0.1) is 0 Å². The molecule has 0 aliphatic rings. The summed E-state index contributed by atoms with van der Waals surface area (Å²) in [4.78, 5) is 0. The summed E-state index contributed by atoms with van der Waals surface area (Å²) in [5.41, 5.74) is 1.17. The van der Waals surface area contributed by atoms with Crippen molar-refractivity contribution in [3.05, 3.63) is 5.73 Å². The van der Waals surface area contributed by atoms with Crippen molar-refractivity contribution in [1.29, 1.82) is 0 Å². The molecule has 0 saturated carbocycles. The molecule has 12 heavy (non-hydrogen) atoms. The molecule has 0 aliphatic carbocycles. The number of hydrogen-bond acceptors (Lipinski definition) is 1. The summed E-state index contributed by atoms with van der Waals surface area (Å²) >= 11 is 0. The van der Waals surface area contributed by atoms with Crippen LogP contribution in [0.3, 0.4) is 0 Å². The Bertz CT molecular complexity index is 52.4. The minimum atomic E-state index is 0. The van der Waals surface area contributed by atoms with Gasteiger partial charge in [0.15, 0.2) is 9.76 Å². The quantitative estimate of drug-likeness (QED) is 0.303. The second-order valence-corrected chi connectivity index (χ2v) is 2.93. The van der Waals surface area contributed by atoms with Crippen LogP contribution < -0.4 is 0 Å². The summed E-state index contributed by atoms with van der Waals surface area (Å²) in [7, 11) is 1.45. The largest absolute Gasteiger partial charge is 0.593 e. The van der Waals surface area contributed by atoms with E-state index in [0.717, 1.165) is 9.52 Å². The van der Waals surface area contributed by atoms with Crippen molar-refractivity contribution in [3.8, 4) is 0 Å². The van der Waals surface area contributed by atoms with Crippen LogP contribution in [0.2, 0.25) is 13.1 Å². The molecule has 0 spiro atoms. The van der Waals surface area contributed by atoms with E-state index < -0.39 is 0 Å². The Morgan fingerprint density at radius 2 is 1.25 bits per heavy atom. The van der Waals surface area contributed by atoms with Crippen LogP contribution in [0, 0.1) is 5.73 Å². The first-order valence-corrected chi connectivity index (χ1v) is 5.07. The van der Waals surface area contributed by atoms with Crippen LogP contribution >= 0.6 is 0 Å². The summed E-state index contributed by atoms with van der Waals surface area (Å²) in [6, 6.07) is 0. The van der Waals surface area contributed by atoms with E-state index in [4.69, 9.17) is 4.43 Å².